The number of carbonyl (C=O) groups excluding carboxylic acids is 4. The second-order valence-corrected chi connectivity index (χ2v) is 11.3. The molecule has 0 unspecified atom stereocenters. The zero-order valence-electron chi connectivity index (χ0n) is 24.7. The van der Waals surface area contributed by atoms with Crippen LogP contribution in [0.5, 0.6) is 0 Å². The van der Waals surface area contributed by atoms with E-state index < -0.39 is 29.9 Å². The van der Waals surface area contributed by atoms with Crippen molar-refractivity contribution in [3.05, 3.63) is 59.2 Å². The summed E-state index contributed by atoms with van der Waals surface area (Å²) < 4.78 is 0. The summed E-state index contributed by atoms with van der Waals surface area (Å²) in [5.41, 5.74) is 0.727. The molecule has 1 aliphatic rings. The summed E-state index contributed by atoms with van der Waals surface area (Å²) >= 11 is 6.38. The van der Waals surface area contributed by atoms with Crippen molar-refractivity contribution in [3.63, 3.8) is 0 Å². The summed E-state index contributed by atoms with van der Waals surface area (Å²) in [5.74, 6) is -1.28. The molecule has 226 valence electrons. The van der Waals surface area contributed by atoms with E-state index in [1.54, 1.807) is 24.3 Å². The van der Waals surface area contributed by atoms with Gasteiger partial charge in [0.2, 0.25) is 23.6 Å². The van der Waals surface area contributed by atoms with Crippen LogP contribution in [0.3, 0.4) is 0 Å². The molecule has 0 saturated heterocycles. The number of unbranched alkanes of at least 4 members (excludes halogenated alkanes) is 6. The quantitative estimate of drug-likeness (QED) is 0.186. The average molecular weight is 587 g/mol. The van der Waals surface area contributed by atoms with Gasteiger partial charge >= 0.3 is 0 Å². The maximum atomic E-state index is 13.6. The number of carbonyl (C=O) groups is 4. The Kier molecular flexibility index (Phi) is 15.9. The van der Waals surface area contributed by atoms with Crippen molar-refractivity contribution < 1.29 is 19.2 Å². The van der Waals surface area contributed by atoms with E-state index in [-0.39, 0.29) is 24.2 Å². The molecule has 2 rings (SSSR count). The third-order valence-electron chi connectivity index (χ3n) is 7.04. The lowest BCUT2D eigenvalue weighted by Crippen LogP contribution is -2.55. The SMILES string of the molecule is CCCCCCCCCC(=O)N[C@@H](Cc1ccccc1Cl)C(=O)N[C@H]1/C=C/CCNC(=O)/C=C/[C@H](C(C)C)NC1=O. The van der Waals surface area contributed by atoms with Gasteiger partial charge in [0.1, 0.15) is 12.1 Å². The summed E-state index contributed by atoms with van der Waals surface area (Å²) in [5, 5.41) is 11.9. The van der Waals surface area contributed by atoms with Gasteiger partial charge in [0.25, 0.3) is 0 Å². The van der Waals surface area contributed by atoms with Gasteiger partial charge in [-0.25, -0.2) is 0 Å². The molecule has 0 bridgehead atoms. The molecule has 1 heterocycles. The van der Waals surface area contributed by atoms with E-state index in [0.29, 0.717) is 24.4 Å². The Morgan fingerprint density at radius 2 is 1.73 bits per heavy atom. The highest BCUT2D eigenvalue weighted by Crippen LogP contribution is 2.17. The first-order chi connectivity index (χ1) is 19.7. The van der Waals surface area contributed by atoms with Crippen LogP contribution in [0.2, 0.25) is 5.02 Å². The minimum Gasteiger partial charge on any atom is -0.352 e. The third kappa shape index (κ3) is 13.4. The van der Waals surface area contributed by atoms with E-state index in [9.17, 15) is 19.2 Å². The first-order valence-electron chi connectivity index (χ1n) is 15.0. The fourth-order valence-electron chi connectivity index (χ4n) is 4.51. The standard InChI is InChI=1S/C32H47ClN4O4/c1-4-5-6-7-8-9-10-18-30(39)35-28(22-24-15-11-12-16-25(24)33)32(41)37-27-17-13-14-21-34-29(38)20-19-26(23(2)3)36-31(27)40/h11-13,15-17,19-20,23,26-28H,4-10,14,18,21-22H2,1-3H3,(H,34,38)(H,35,39)(H,36,40)(H,37,41)/b17-13+,20-19+/t26-,27+,28+/m1/s1. The van der Waals surface area contributed by atoms with Gasteiger partial charge in [0.15, 0.2) is 0 Å². The minimum atomic E-state index is -0.957. The van der Waals surface area contributed by atoms with Gasteiger partial charge in [-0.2, -0.15) is 0 Å². The lowest BCUT2D eigenvalue weighted by Gasteiger charge is -2.25. The first-order valence-corrected chi connectivity index (χ1v) is 15.3. The Morgan fingerprint density at radius 3 is 2.44 bits per heavy atom. The van der Waals surface area contributed by atoms with Crippen LogP contribution in [0.25, 0.3) is 0 Å². The highest BCUT2D eigenvalue weighted by Gasteiger charge is 2.27. The first kappa shape index (κ1) is 34.1. The summed E-state index contributed by atoms with van der Waals surface area (Å²) in [6.07, 6.45) is 15.1. The van der Waals surface area contributed by atoms with Gasteiger partial charge in [-0.3, -0.25) is 19.2 Å². The van der Waals surface area contributed by atoms with Gasteiger partial charge in [-0.05, 0) is 30.4 Å². The maximum Gasteiger partial charge on any atom is 0.247 e. The van der Waals surface area contributed by atoms with E-state index in [4.69, 9.17) is 11.6 Å². The molecule has 1 aromatic rings. The normalized spacial score (nSPS) is 20.1. The molecule has 9 heteroatoms. The lowest BCUT2D eigenvalue weighted by molar-refractivity contribution is -0.131. The molecule has 0 saturated carbocycles. The highest BCUT2D eigenvalue weighted by atomic mass is 35.5. The molecule has 1 aliphatic heterocycles. The molecule has 0 aliphatic carbocycles. The number of rotatable bonds is 14. The van der Waals surface area contributed by atoms with E-state index in [0.717, 1.165) is 24.8 Å². The van der Waals surface area contributed by atoms with Gasteiger partial charge in [-0.1, -0.05) is 107 Å². The molecule has 3 atom stereocenters. The number of benzene rings is 1. The molecule has 0 fully saturated rings. The highest BCUT2D eigenvalue weighted by molar-refractivity contribution is 6.31. The monoisotopic (exact) mass is 586 g/mol. The topological polar surface area (TPSA) is 116 Å². The number of hydrogen-bond acceptors (Lipinski definition) is 4. The van der Waals surface area contributed by atoms with Crippen LogP contribution in [0.15, 0.2) is 48.6 Å². The van der Waals surface area contributed by atoms with Crippen LogP contribution in [0.4, 0.5) is 0 Å². The molecule has 0 radical (unpaired) electrons. The van der Waals surface area contributed by atoms with Crippen molar-refractivity contribution in [2.45, 2.75) is 103 Å². The van der Waals surface area contributed by atoms with E-state index >= 15 is 0 Å². The van der Waals surface area contributed by atoms with Crippen molar-refractivity contribution in [3.8, 4) is 0 Å². The van der Waals surface area contributed by atoms with Crippen LogP contribution >= 0.6 is 11.6 Å². The van der Waals surface area contributed by atoms with Crippen molar-refractivity contribution >= 4 is 35.2 Å². The van der Waals surface area contributed by atoms with Gasteiger partial charge in [-0.15, -0.1) is 0 Å². The Morgan fingerprint density at radius 1 is 1.02 bits per heavy atom. The van der Waals surface area contributed by atoms with Gasteiger partial charge in [0.05, 0.1) is 0 Å². The van der Waals surface area contributed by atoms with Crippen LogP contribution in [0, 0.1) is 5.92 Å². The fraction of sp³-hybridized carbons (Fsp3) is 0.562. The molecular weight excluding hydrogens is 540 g/mol. The zero-order chi connectivity index (χ0) is 30.0. The molecule has 4 N–H and O–H groups in total. The largest absolute Gasteiger partial charge is 0.352 e. The van der Waals surface area contributed by atoms with Crippen molar-refractivity contribution in [1.29, 1.82) is 0 Å². The Hall–Kier alpha value is -3.13. The van der Waals surface area contributed by atoms with E-state index in [1.165, 1.54) is 31.8 Å². The molecule has 1 aromatic carbocycles. The van der Waals surface area contributed by atoms with Crippen LogP contribution in [-0.2, 0) is 25.6 Å². The smallest absolute Gasteiger partial charge is 0.247 e. The number of amides is 4. The van der Waals surface area contributed by atoms with Gasteiger partial charge in [0, 0.05) is 36.5 Å². The second-order valence-electron chi connectivity index (χ2n) is 10.9. The third-order valence-corrected chi connectivity index (χ3v) is 7.41. The van der Waals surface area contributed by atoms with E-state index in [2.05, 4.69) is 28.2 Å². The molecule has 4 amide bonds. The molecule has 0 spiro atoms. The van der Waals surface area contributed by atoms with E-state index in [1.807, 2.05) is 32.0 Å². The molecule has 41 heavy (non-hydrogen) atoms. The minimum absolute atomic E-state index is 0.0187. The molecular formula is C32H47ClN4O4. The summed E-state index contributed by atoms with van der Waals surface area (Å²) in [7, 11) is 0. The number of halogens is 1. The predicted molar refractivity (Wildman–Crippen MR) is 164 cm³/mol. The molecule has 8 nitrogen and oxygen atoms in total. The summed E-state index contributed by atoms with van der Waals surface area (Å²) in [6, 6.07) is 4.94. The molecule has 0 aromatic heterocycles. The zero-order valence-corrected chi connectivity index (χ0v) is 25.5. The maximum absolute atomic E-state index is 13.6. The predicted octanol–water partition coefficient (Wildman–Crippen LogP) is 4.77. The lowest BCUT2D eigenvalue weighted by atomic mass is 10.0. The van der Waals surface area contributed by atoms with Crippen LogP contribution in [-0.4, -0.2) is 48.3 Å². The van der Waals surface area contributed by atoms with Crippen molar-refractivity contribution in [2.75, 3.05) is 6.54 Å². The number of hydrogen-bond donors (Lipinski definition) is 4. The van der Waals surface area contributed by atoms with Gasteiger partial charge < -0.3 is 21.3 Å². The Bertz CT molecular complexity index is 1060. The summed E-state index contributed by atoms with van der Waals surface area (Å²) in [4.78, 5) is 51.7. The fourth-order valence-corrected chi connectivity index (χ4v) is 4.72. The van der Waals surface area contributed by atoms with Crippen molar-refractivity contribution in [2.24, 2.45) is 5.92 Å². The second kappa shape index (κ2) is 19.1. The Labute approximate surface area is 250 Å². The Balaban J connectivity index is 2.13. The average Bonchev–Trinajstić information content (AvgIpc) is 2.93. The van der Waals surface area contributed by atoms with Crippen molar-refractivity contribution in [1.82, 2.24) is 21.3 Å². The van der Waals surface area contributed by atoms with Crippen LogP contribution in [0.1, 0.15) is 84.1 Å². The summed E-state index contributed by atoms with van der Waals surface area (Å²) in [6.45, 7) is 6.45. The van der Waals surface area contributed by atoms with Crippen LogP contribution < -0.4 is 21.3 Å². The number of nitrogens with one attached hydrogen (secondary N) is 4.